The Balaban J connectivity index is 1.66. The van der Waals surface area contributed by atoms with E-state index in [0.717, 1.165) is 35.3 Å². The first-order valence-corrected chi connectivity index (χ1v) is 7.26. The summed E-state index contributed by atoms with van der Waals surface area (Å²) in [6.45, 7) is 0.898. The third-order valence-electron chi connectivity index (χ3n) is 3.49. The number of hydrogen-bond acceptors (Lipinski definition) is 3. The van der Waals surface area contributed by atoms with E-state index in [2.05, 4.69) is 29.6 Å². The molecule has 0 unspecified atom stereocenters. The Bertz CT molecular complexity index is 685. The minimum absolute atomic E-state index is 0.233. The molecule has 0 amide bonds. The van der Waals surface area contributed by atoms with Gasteiger partial charge in [0, 0.05) is 17.7 Å². The number of hydrogen-bond donors (Lipinski definition) is 2. The minimum Gasteiger partial charge on any atom is -0.459 e. The van der Waals surface area contributed by atoms with Crippen molar-refractivity contribution in [1.82, 2.24) is 0 Å². The van der Waals surface area contributed by atoms with Crippen molar-refractivity contribution >= 4 is 16.7 Å². The van der Waals surface area contributed by atoms with Gasteiger partial charge in [0.2, 0.25) is 0 Å². The molecule has 0 fully saturated rings. The van der Waals surface area contributed by atoms with E-state index < -0.39 is 0 Å². The second-order valence-corrected chi connectivity index (χ2v) is 5.13. The van der Waals surface area contributed by atoms with Crippen LogP contribution in [0.4, 0.5) is 5.69 Å². The molecule has 0 radical (unpaired) electrons. The van der Waals surface area contributed by atoms with Crippen LogP contribution < -0.4 is 5.32 Å². The first kappa shape index (κ1) is 13.7. The van der Waals surface area contributed by atoms with E-state index in [9.17, 15) is 0 Å². The molecule has 3 rings (SSSR count). The van der Waals surface area contributed by atoms with Crippen molar-refractivity contribution in [3.63, 3.8) is 0 Å². The molecule has 0 aliphatic heterocycles. The lowest BCUT2D eigenvalue weighted by Crippen LogP contribution is -1.99. The van der Waals surface area contributed by atoms with E-state index in [1.807, 2.05) is 30.3 Å². The zero-order valence-corrected chi connectivity index (χ0v) is 11.9. The van der Waals surface area contributed by atoms with Gasteiger partial charge in [0.15, 0.2) is 0 Å². The molecule has 1 aromatic heterocycles. The fraction of sp³-hybridized carbons (Fsp3) is 0.222. The lowest BCUT2D eigenvalue weighted by Gasteiger charge is -2.06. The van der Waals surface area contributed by atoms with Crippen LogP contribution in [0.1, 0.15) is 17.7 Å². The minimum atomic E-state index is 0.233. The van der Waals surface area contributed by atoms with Gasteiger partial charge in [-0.25, -0.2) is 0 Å². The first-order chi connectivity index (χ1) is 10.3. The predicted octanol–water partition coefficient (Wildman–Crippen LogP) is 3.97. The molecule has 0 bridgehead atoms. The number of furan rings is 1. The van der Waals surface area contributed by atoms with Crippen molar-refractivity contribution < 1.29 is 9.52 Å². The molecule has 0 saturated heterocycles. The maximum absolute atomic E-state index is 8.89. The Morgan fingerprint density at radius 3 is 2.76 bits per heavy atom. The maximum Gasteiger partial charge on any atom is 0.134 e. The van der Waals surface area contributed by atoms with Crippen LogP contribution in [0.3, 0.4) is 0 Å². The number of aliphatic hydroxyl groups excluding tert-OH is 1. The normalized spacial score (nSPS) is 10.9. The van der Waals surface area contributed by atoms with Gasteiger partial charge in [0.25, 0.3) is 0 Å². The summed E-state index contributed by atoms with van der Waals surface area (Å²) >= 11 is 0. The molecule has 2 N–H and O–H groups in total. The molecular weight excluding hydrogens is 262 g/mol. The Hall–Kier alpha value is -2.26. The van der Waals surface area contributed by atoms with Crippen LogP contribution in [-0.4, -0.2) is 11.7 Å². The topological polar surface area (TPSA) is 45.4 Å². The van der Waals surface area contributed by atoms with Crippen molar-refractivity contribution in [2.75, 3.05) is 11.9 Å². The zero-order chi connectivity index (χ0) is 14.5. The van der Waals surface area contributed by atoms with Crippen molar-refractivity contribution in [3.8, 4) is 0 Å². The number of aryl methyl sites for hydroxylation is 1. The summed E-state index contributed by atoms with van der Waals surface area (Å²) < 4.78 is 5.79. The number of aliphatic hydroxyl groups is 1. The largest absolute Gasteiger partial charge is 0.459 e. The summed E-state index contributed by atoms with van der Waals surface area (Å²) in [4.78, 5) is 0. The summed E-state index contributed by atoms with van der Waals surface area (Å²) in [6, 6.07) is 18.4. The van der Waals surface area contributed by atoms with E-state index in [0.29, 0.717) is 6.54 Å². The number of anilines is 1. The first-order valence-electron chi connectivity index (χ1n) is 7.26. The highest BCUT2D eigenvalue weighted by Gasteiger charge is 2.03. The number of para-hydroxylation sites is 1. The van der Waals surface area contributed by atoms with E-state index in [1.165, 1.54) is 5.56 Å². The SMILES string of the molecule is OCCCc1cccc(NCc2cc3ccccc3o2)c1. The zero-order valence-electron chi connectivity index (χ0n) is 11.9. The summed E-state index contributed by atoms with van der Waals surface area (Å²) in [5.74, 6) is 0.928. The van der Waals surface area contributed by atoms with Gasteiger partial charge in [-0.3, -0.25) is 0 Å². The van der Waals surface area contributed by atoms with E-state index in [-0.39, 0.29) is 6.61 Å². The van der Waals surface area contributed by atoms with E-state index in [1.54, 1.807) is 0 Å². The fourth-order valence-electron chi connectivity index (χ4n) is 2.43. The Morgan fingerprint density at radius 2 is 1.90 bits per heavy atom. The van der Waals surface area contributed by atoms with Crippen LogP contribution >= 0.6 is 0 Å². The highest BCUT2D eigenvalue weighted by molar-refractivity contribution is 5.77. The molecule has 3 aromatic rings. The molecule has 1 heterocycles. The van der Waals surface area contributed by atoms with Crippen molar-refractivity contribution in [3.05, 3.63) is 65.9 Å². The number of benzene rings is 2. The van der Waals surface area contributed by atoms with Crippen LogP contribution in [0.15, 0.2) is 59.0 Å². The number of nitrogens with one attached hydrogen (secondary N) is 1. The van der Waals surface area contributed by atoms with Gasteiger partial charge in [0.1, 0.15) is 11.3 Å². The second-order valence-electron chi connectivity index (χ2n) is 5.13. The van der Waals surface area contributed by atoms with Crippen LogP contribution in [0.2, 0.25) is 0 Å². The second kappa shape index (κ2) is 6.46. The van der Waals surface area contributed by atoms with Gasteiger partial charge in [-0.05, 0) is 42.7 Å². The molecule has 3 nitrogen and oxygen atoms in total. The molecule has 0 aliphatic rings. The van der Waals surface area contributed by atoms with Gasteiger partial charge in [-0.2, -0.15) is 0 Å². The molecule has 21 heavy (non-hydrogen) atoms. The molecule has 0 spiro atoms. The predicted molar refractivity (Wildman–Crippen MR) is 85.4 cm³/mol. The molecule has 0 aliphatic carbocycles. The van der Waals surface area contributed by atoms with Crippen LogP contribution in [-0.2, 0) is 13.0 Å². The van der Waals surface area contributed by atoms with Crippen LogP contribution in [0, 0.1) is 0 Å². The van der Waals surface area contributed by atoms with Crippen molar-refractivity contribution in [2.24, 2.45) is 0 Å². The lowest BCUT2D eigenvalue weighted by molar-refractivity contribution is 0.288. The highest BCUT2D eigenvalue weighted by atomic mass is 16.3. The quantitative estimate of drug-likeness (QED) is 0.718. The standard InChI is InChI=1S/C18H19NO2/c20-10-4-6-14-5-3-8-16(11-14)19-13-17-12-15-7-1-2-9-18(15)21-17/h1-3,5,7-9,11-12,19-20H,4,6,10,13H2. The van der Waals surface area contributed by atoms with E-state index in [4.69, 9.17) is 9.52 Å². The highest BCUT2D eigenvalue weighted by Crippen LogP contribution is 2.20. The van der Waals surface area contributed by atoms with Crippen molar-refractivity contribution in [2.45, 2.75) is 19.4 Å². The van der Waals surface area contributed by atoms with Gasteiger partial charge in [-0.1, -0.05) is 30.3 Å². The summed E-state index contributed by atoms with van der Waals surface area (Å²) in [6.07, 6.45) is 1.70. The van der Waals surface area contributed by atoms with Gasteiger partial charge in [-0.15, -0.1) is 0 Å². The van der Waals surface area contributed by atoms with Crippen LogP contribution in [0.5, 0.6) is 0 Å². The third kappa shape index (κ3) is 3.44. The third-order valence-corrected chi connectivity index (χ3v) is 3.49. The average molecular weight is 281 g/mol. The van der Waals surface area contributed by atoms with Gasteiger partial charge < -0.3 is 14.8 Å². The molecule has 0 saturated carbocycles. The number of fused-ring (bicyclic) bond motifs is 1. The molecule has 3 heteroatoms. The summed E-state index contributed by atoms with van der Waals surface area (Å²) in [5.41, 5.74) is 3.23. The fourth-order valence-corrected chi connectivity index (χ4v) is 2.43. The summed E-state index contributed by atoms with van der Waals surface area (Å²) in [7, 11) is 0. The lowest BCUT2D eigenvalue weighted by atomic mass is 10.1. The summed E-state index contributed by atoms with van der Waals surface area (Å²) in [5, 5.41) is 13.4. The van der Waals surface area contributed by atoms with Gasteiger partial charge >= 0.3 is 0 Å². The number of rotatable bonds is 6. The molecule has 108 valence electrons. The molecule has 0 atom stereocenters. The molecule has 2 aromatic carbocycles. The Morgan fingerprint density at radius 1 is 1.00 bits per heavy atom. The Labute approximate surface area is 124 Å². The van der Waals surface area contributed by atoms with Gasteiger partial charge in [0.05, 0.1) is 6.54 Å². The smallest absolute Gasteiger partial charge is 0.134 e. The average Bonchev–Trinajstić information content (AvgIpc) is 2.94. The van der Waals surface area contributed by atoms with E-state index >= 15 is 0 Å². The maximum atomic E-state index is 8.89. The monoisotopic (exact) mass is 281 g/mol. The van der Waals surface area contributed by atoms with Crippen LogP contribution in [0.25, 0.3) is 11.0 Å². The Kier molecular flexibility index (Phi) is 4.22. The van der Waals surface area contributed by atoms with Crippen molar-refractivity contribution in [1.29, 1.82) is 0 Å². The molecular formula is C18H19NO2.